The molecule has 3 N–H and O–H groups in total. The van der Waals surface area contributed by atoms with E-state index in [2.05, 4.69) is 17.2 Å². The summed E-state index contributed by atoms with van der Waals surface area (Å²) >= 11 is 0. The molecule has 7 heteroatoms. The molecular formula is C22H29BN4O2. The number of hydrogen-bond donors (Lipinski definition) is 3. The number of anilines is 1. The molecule has 1 aromatic heterocycles. The molecule has 0 aromatic carbocycles. The van der Waals surface area contributed by atoms with Gasteiger partial charge in [0, 0.05) is 40.8 Å². The van der Waals surface area contributed by atoms with Crippen molar-refractivity contribution < 1.29 is 10.1 Å². The van der Waals surface area contributed by atoms with Crippen LogP contribution in [0.2, 0.25) is 0 Å². The third-order valence-electron chi connectivity index (χ3n) is 8.59. The minimum absolute atomic E-state index is 0.361. The first-order valence-electron chi connectivity index (χ1n) is 11.5. The van der Waals surface area contributed by atoms with Crippen LogP contribution in [0.15, 0.2) is 11.3 Å². The van der Waals surface area contributed by atoms with Gasteiger partial charge in [0.15, 0.2) is 0 Å². The van der Waals surface area contributed by atoms with Crippen molar-refractivity contribution in [3.63, 3.8) is 0 Å². The second-order valence-corrected chi connectivity index (χ2v) is 10.9. The molecule has 3 unspecified atom stereocenters. The van der Waals surface area contributed by atoms with E-state index in [0.29, 0.717) is 35.8 Å². The van der Waals surface area contributed by atoms with Gasteiger partial charge < -0.3 is 20.4 Å². The highest BCUT2D eigenvalue weighted by Crippen LogP contribution is 2.59. The Hall–Kier alpha value is -1.60. The zero-order valence-corrected chi connectivity index (χ0v) is 17.0. The summed E-state index contributed by atoms with van der Waals surface area (Å²) in [6.07, 6.45) is 10.4. The molecule has 0 amide bonds. The Morgan fingerprint density at radius 3 is 2.66 bits per heavy atom. The van der Waals surface area contributed by atoms with Crippen molar-refractivity contribution in [2.45, 2.75) is 76.0 Å². The van der Waals surface area contributed by atoms with E-state index < -0.39 is 12.7 Å². The van der Waals surface area contributed by atoms with Crippen molar-refractivity contribution in [1.29, 1.82) is 0 Å². The van der Waals surface area contributed by atoms with E-state index in [0.717, 1.165) is 49.8 Å². The zero-order chi connectivity index (χ0) is 19.5. The number of pyridine rings is 1. The van der Waals surface area contributed by atoms with Crippen LogP contribution in [0.4, 0.5) is 5.82 Å². The van der Waals surface area contributed by atoms with Gasteiger partial charge in [-0.15, -0.1) is 0 Å². The largest absolute Gasteiger partial charge is 0.468 e. The summed E-state index contributed by atoms with van der Waals surface area (Å²) in [6.45, 7) is 2.19. The van der Waals surface area contributed by atoms with Gasteiger partial charge in [-0.2, -0.15) is 5.10 Å². The number of nitrogens with one attached hydrogen (secondary N) is 1. The molecule has 5 saturated carbocycles. The van der Waals surface area contributed by atoms with E-state index in [4.69, 9.17) is 5.10 Å². The van der Waals surface area contributed by atoms with Crippen LogP contribution in [0.1, 0.15) is 63.0 Å². The number of fused-ring (bicyclic) bond motifs is 3. The van der Waals surface area contributed by atoms with Crippen LogP contribution < -0.4 is 10.8 Å². The summed E-state index contributed by atoms with van der Waals surface area (Å²) in [4.78, 5) is 6.65. The molecule has 2 aliphatic heterocycles. The fourth-order valence-corrected chi connectivity index (χ4v) is 7.63. The Kier molecular flexibility index (Phi) is 3.28. The van der Waals surface area contributed by atoms with Crippen molar-refractivity contribution >= 4 is 24.0 Å². The molecule has 6 nitrogen and oxygen atoms in total. The number of aromatic nitrogens is 1. The predicted molar refractivity (Wildman–Crippen MR) is 112 cm³/mol. The van der Waals surface area contributed by atoms with E-state index in [1.807, 2.05) is 11.1 Å². The van der Waals surface area contributed by atoms with Crippen molar-refractivity contribution in [1.82, 2.24) is 9.90 Å². The summed E-state index contributed by atoms with van der Waals surface area (Å²) in [6, 6.07) is 0.725. The van der Waals surface area contributed by atoms with Gasteiger partial charge in [0.1, 0.15) is 5.82 Å². The molecule has 4 bridgehead atoms. The fraction of sp³-hybridized carbons (Fsp3) is 0.727. The van der Waals surface area contributed by atoms with Crippen molar-refractivity contribution in [3.8, 4) is 0 Å². The average molecular weight is 392 g/mol. The zero-order valence-electron chi connectivity index (χ0n) is 17.0. The highest BCUT2D eigenvalue weighted by molar-refractivity contribution is 6.66. The highest BCUT2D eigenvalue weighted by Gasteiger charge is 2.57. The van der Waals surface area contributed by atoms with Crippen molar-refractivity contribution in [2.24, 2.45) is 28.8 Å². The molecule has 8 rings (SSSR count). The third kappa shape index (κ3) is 2.37. The molecule has 29 heavy (non-hydrogen) atoms. The Bertz CT molecular complexity index is 916. The van der Waals surface area contributed by atoms with Crippen LogP contribution in [0.3, 0.4) is 0 Å². The first-order valence-corrected chi connectivity index (χ1v) is 11.5. The number of hydrogen-bond acceptors (Lipinski definition) is 6. The van der Waals surface area contributed by atoms with E-state index in [9.17, 15) is 10.1 Å². The lowest BCUT2D eigenvalue weighted by Crippen LogP contribution is -2.60. The lowest BCUT2D eigenvalue weighted by Gasteiger charge is -2.58. The van der Waals surface area contributed by atoms with Gasteiger partial charge in [-0.05, 0) is 76.0 Å². The van der Waals surface area contributed by atoms with Crippen LogP contribution in [-0.4, -0.2) is 50.5 Å². The lowest BCUT2D eigenvalue weighted by molar-refractivity contribution is -0.138. The van der Waals surface area contributed by atoms with Gasteiger partial charge in [0.25, 0.3) is 0 Å². The van der Waals surface area contributed by atoms with Crippen LogP contribution in [-0.2, 0) is 6.42 Å². The standard InChI is InChI=1S/C22H29BN4O2/c1-11-4-16-19-17(10-24-21(16)25-11)23(29)27(15-2-3-15)26-20(19)18-13-5-12-6-14(18)9-22(28,7-12)8-13/h10-15,18,28-29H,2-9H2,1H3,(H,24,25). The Balaban J connectivity index is 1.39. The molecule has 5 fully saturated rings. The highest BCUT2D eigenvalue weighted by atomic mass is 16.3. The molecule has 152 valence electrons. The van der Waals surface area contributed by atoms with Gasteiger partial charge in [-0.3, -0.25) is 0 Å². The topological polar surface area (TPSA) is 81.0 Å². The summed E-state index contributed by atoms with van der Waals surface area (Å²) < 4.78 is 0. The van der Waals surface area contributed by atoms with Gasteiger partial charge in [0.2, 0.25) is 0 Å². The summed E-state index contributed by atoms with van der Waals surface area (Å²) in [5.41, 5.74) is 4.14. The molecule has 3 atom stereocenters. The molecule has 0 saturated heterocycles. The number of nitrogens with zero attached hydrogens (tertiary/aromatic N) is 3. The second-order valence-electron chi connectivity index (χ2n) is 10.9. The van der Waals surface area contributed by atoms with Gasteiger partial charge in [0.05, 0.1) is 11.3 Å². The Labute approximate surface area is 171 Å². The predicted octanol–water partition coefficient (Wildman–Crippen LogP) is 1.49. The number of aliphatic hydroxyl groups is 1. The lowest BCUT2D eigenvalue weighted by atomic mass is 9.48. The molecule has 0 spiro atoms. The van der Waals surface area contributed by atoms with Crippen LogP contribution in [0, 0.1) is 23.7 Å². The molecule has 3 heterocycles. The fourth-order valence-electron chi connectivity index (χ4n) is 7.63. The Morgan fingerprint density at radius 1 is 1.21 bits per heavy atom. The van der Waals surface area contributed by atoms with Gasteiger partial charge >= 0.3 is 7.05 Å². The smallest absolute Gasteiger partial charge is 0.428 e. The van der Waals surface area contributed by atoms with Gasteiger partial charge in [-0.25, -0.2) is 4.98 Å². The van der Waals surface area contributed by atoms with E-state index in [1.165, 1.54) is 29.7 Å². The number of rotatable bonds is 2. The first-order chi connectivity index (χ1) is 14.0. The SMILES string of the molecule is CC1Cc2c(ncc3c2C(C2C4CC5CC2CC(O)(C5)C4)=NN(C2CC2)B3O)N1. The minimum atomic E-state index is -0.684. The van der Waals surface area contributed by atoms with Gasteiger partial charge in [-0.1, -0.05) is 0 Å². The molecular weight excluding hydrogens is 363 g/mol. The average Bonchev–Trinajstić information content (AvgIpc) is 3.41. The third-order valence-corrected chi connectivity index (χ3v) is 8.59. The van der Waals surface area contributed by atoms with Crippen molar-refractivity contribution in [2.75, 3.05) is 5.32 Å². The molecule has 1 aromatic rings. The van der Waals surface area contributed by atoms with Crippen LogP contribution in [0.5, 0.6) is 0 Å². The maximum atomic E-state index is 11.2. The second kappa shape index (κ2) is 5.55. The summed E-state index contributed by atoms with van der Waals surface area (Å²) in [7, 11) is -0.684. The summed E-state index contributed by atoms with van der Waals surface area (Å²) in [5, 5.41) is 30.9. The summed E-state index contributed by atoms with van der Waals surface area (Å²) in [5.74, 6) is 3.10. The van der Waals surface area contributed by atoms with E-state index >= 15 is 0 Å². The van der Waals surface area contributed by atoms with E-state index in [-0.39, 0.29) is 0 Å². The van der Waals surface area contributed by atoms with Crippen LogP contribution >= 0.6 is 0 Å². The van der Waals surface area contributed by atoms with Crippen LogP contribution in [0.25, 0.3) is 0 Å². The minimum Gasteiger partial charge on any atom is -0.428 e. The molecule has 5 aliphatic carbocycles. The maximum Gasteiger partial charge on any atom is 0.468 e. The molecule has 0 radical (unpaired) electrons. The maximum absolute atomic E-state index is 11.2. The molecule has 7 aliphatic rings. The van der Waals surface area contributed by atoms with E-state index in [1.54, 1.807) is 0 Å². The normalized spacial score (nSPS) is 41.9. The quantitative estimate of drug-likeness (QED) is 0.665. The Morgan fingerprint density at radius 2 is 1.97 bits per heavy atom. The van der Waals surface area contributed by atoms with Crippen molar-refractivity contribution in [3.05, 3.63) is 17.3 Å². The number of hydrazone groups is 1. The first kappa shape index (κ1) is 17.1. The monoisotopic (exact) mass is 392 g/mol.